The predicted octanol–water partition coefficient (Wildman–Crippen LogP) is 1.59. The minimum atomic E-state index is -0.258. The fourth-order valence-corrected chi connectivity index (χ4v) is 3.24. The summed E-state index contributed by atoms with van der Waals surface area (Å²) >= 11 is 0. The number of aromatic nitrogens is 3. The molecule has 0 radical (unpaired) electrons. The molecule has 2 saturated heterocycles. The Kier molecular flexibility index (Phi) is 4.35. The van der Waals surface area contributed by atoms with Gasteiger partial charge in [0.15, 0.2) is 0 Å². The second kappa shape index (κ2) is 6.79. The largest absolute Gasteiger partial charge is 0.368 e. The molecule has 2 aliphatic rings. The molecule has 4 heterocycles. The summed E-state index contributed by atoms with van der Waals surface area (Å²) in [5.41, 5.74) is 1.50. The first-order chi connectivity index (χ1) is 12.2. The molecule has 4 rings (SSSR count). The van der Waals surface area contributed by atoms with Gasteiger partial charge in [0.25, 0.3) is 5.91 Å². The molecule has 25 heavy (non-hydrogen) atoms. The van der Waals surface area contributed by atoms with Gasteiger partial charge < -0.3 is 19.1 Å². The normalized spacial score (nSPS) is 20.9. The summed E-state index contributed by atoms with van der Waals surface area (Å²) in [4.78, 5) is 25.5. The fourth-order valence-electron chi connectivity index (χ4n) is 3.24. The van der Waals surface area contributed by atoms with E-state index in [1.807, 2.05) is 6.07 Å². The van der Waals surface area contributed by atoms with Crippen molar-refractivity contribution in [3.05, 3.63) is 35.5 Å². The molecule has 8 nitrogen and oxygen atoms in total. The van der Waals surface area contributed by atoms with Crippen LogP contribution in [-0.2, 0) is 4.74 Å². The van der Waals surface area contributed by atoms with Crippen molar-refractivity contribution in [2.75, 3.05) is 37.7 Å². The van der Waals surface area contributed by atoms with Crippen molar-refractivity contribution < 1.29 is 14.1 Å². The third-order valence-corrected chi connectivity index (χ3v) is 4.58. The number of hydrogen-bond acceptors (Lipinski definition) is 7. The molecule has 0 saturated carbocycles. The first kappa shape index (κ1) is 16.0. The van der Waals surface area contributed by atoms with Gasteiger partial charge in [-0.1, -0.05) is 5.16 Å². The average Bonchev–Trinajstić information content (AvgIpc) is 3.33. The van der Waals surface area contributed by atoms with Gasteiger partial charge in [-0.2, -0.15) is 0 Å². The van der Waals surface area contributed by atoms with Gasteiger partial charge in [0.2, 0.25) is 11.7 Å². The molecule has 2 fully saturated rings. The highest BCUT2D eigenvalue weighted by atomic mass is 16.5. The van der Waals surface area contributed by atoms with Crippen molar-refractivity contribution >= 4 is 11.9 Å². The Morgan fingerprint density at radius 2 is 2.12 bits per heavy atom. The van der Waals surface area contributed by atoms with Crippen LogP contribution >= 0.6 is 0 Å². The number of nitrogens with zero attached hydrogens (tertiary/aromatic N) is 5. The zero-order chi connectivity index (χ0) is 17.2. The van der Waals surface area contributed by atoms with E-state index in [0.29, 0.717) is 25.4 Å². The van der Waals surface area contributed by atoms with Crippen LogP contribution in [0.4, 0.5) is 5.95 Å². The molecular weight excluding hydrogens is 322 g/mol. The second-order valence-corrected chi connectivity index (χ2v) is 6.42. The first-order valence-corrected chi connectivity index (χ1v) is 8.63. The third-order valence-electron chi connectivity index (χ3n) is 4.58. The van der Waals surface area contributed by atoms with Crippen molar-refractivity contribution in [3.63, 3.8) is 0 Å². The van der Waals surface area contributed by atoms with Crippen LogP contribution < -0.4 is 4.90 Å². The molecule has 0 unspecified atom stereocenters. The quantitative estimate of drug-likeness (QED) is 0.836. The van der Waals surface area contributed by atoms with Crippen molar-refractivity contribution in [2.45, 2.75) is 25.9 Å². The summed E-state index contributed by atoms with van der Waals surface area (Å²) in [5, 5.41) is 3.79. The Hall–Kier alpha value is -2.48. The maximum Gasteiger partial charge on any atom is 0.292 e. The molecular formula is C17H21N5O3. The fraction of sp³-hybridized carbons (Fsp3) is 0.529. The van der Waals surface area contributed by atoms with E-state index in [4.69, 9.17) is 9.26 Å². The summed E-state index contributed by atoms with van der Waals surface area (Å²) in [6.07, 6.45) is 3.85. The molecule has 2 aromatic rings. The number of carbonyl (C=O) groups excluding carboxylic acids is 1. The predicted molar refractivity (Wildman–Crippen MR) is 89.3 cm³/mol. The summed E-state index contributed by atoms with van der Waals surface area (Å²) in [5.74, 6) is 0.842. The summed E-state index contributed by atoms with van der Waals surface area (Å²) in [7, 11) is 0. The van der Waals surface area contributed by atoms with E-state index in [-0.39, 0.29) is 17.8 Å². The average molecular weight is 343 g/mol. The van der Waals surface area contributed by atoms with Crippen LogP contribution in [0.3, 0.4) is 0 Å². The zero-order valence-corrected chi connectivity index (χ0v) is 14.2. The van der Waals surface area contributed by atoms with Gasteiger partial charge in [0.05, 0.1) is 24.5 Å². The molecule has 1 amide bonds. The molecule has 0 aromatic carbocycles. The Labute approximate surface area is 145 Å². The number of morpholine rings is 1. The van der Waals surface area contributed by atoms with Crippen molar-refractivity contribution in [1.29, 1.82) is 0 Å². The van der Waals surface area contributed by atoms with Gasteiger partial charge in [-0.05, 0) is 25.8 Å². The van der Waals surface area contributed by atoms with Gasteiger partial charge in [0.1, 0.15) is 6.10 Å². The lowest BCUT2D eigenvalue weighted by Gasteiger charge is -2.32. The van der Waals surface area contributed by atoms with Crippen LogP contribution in [0.15, 0.2) is 22.9 Å². The lowest BCUT2D eigenvalue weighted by atomic mass is 10.2. The smallest absolute Gasteiger partial charge is 0.292 e. The Balaban J connectivity index is 1.49. The number of ether oxygens (including phenoxy) is 1. The molecule has 2 aromatic heterocycles. The van der Waals surface area contributed by atoms with E-state index in [9.17, 15) is 4.79 Å². The standard InChI is InChI=1S/C17H21N5O3/c1-12-10-14(25-20-12)16(23)22-8-9-24-15(11-22)13-4-5-18-17(19-13)21-6-2-3-7-21/h4-5,10,15H,2-3,6-9,11H2,1H3/t15-/m1/s1. The molecule has 0 N–H and O–H groups in total. The molecule has 2 aliphatic heterocycles. The molecule has 132 valence electrons. The minimum Gasteiger partial charge on any atom is -0.368 e. The van der Waals surface area contributed by atoms with Crippen LogP contribution in [0.25, 0.3) is 0 Å². The van der Waals surface area contributed by atoms with Gasteiger partial charge in [-0.3, -0.25) is 4.79 Å². The summed E-state index contributed by atoms with van der Waals surface area (Å²) in [6.45, 7) is 5.21. The lowest BCUT2D eigenvalue weighted by Crippen LogP contribution is -2.42. The van der Waals surface area contributed by atoms with Crippen LogP contribution in [0.5, 0.6) is 0 Å². The molecule has 0 bridgehead atoms. The summed E-state index contributed by atoms with van der Waals surface area (Å²) < 4.78 is 10.9. The van der Waals surface area contributed by atoms with E-state index in [1.165, 1.54) is 12.8 Å². The maximum absolute atomic E-state index is 12.6. The van der Waals surface area contributed by atoms with E-state index in [1.54, 1.807) is 24.1 Å². The number of carbonyl (C=O) groups is 1. The number of aryl methyl sites for hydroxylation is 1. The van der Waals surface area contributed by atoms with Crippen LogP contribution in [0, 0.1) is 6.92 Å². The number of amides is 1. The topological polar surface area (TPSA) is 84.6 Å². The van der Waals surface area contributed by atoms with Crippen molar-refractivity contribution in [2.24, 2.45) is 0 Å². The number of hydrogen-bond donors (Lipinski definition) is 0. The Bertz CT molecular complexity index is 756. The highest BCUT2D eigenvalue weighted by Crippen LogP contribution is 2.24. The van der Waals surface area contributed by atoms with E-state index in [0.717, 1.165) is 24.7 Å². The maximum atomic E-state index is 12.6. The number of rotatable bonds is 3. The second-order valence-electron chi connectivity index (χ2n) is 6.42. The monoisotopic (exact) mass is 343 g/mol. The zero-order valence-electron chi connectivity index (χ0n) is 14.2. The third kappa shape index (κ3) is 3.34. The summed E-state index contributed by atoms with van der Waals surface area (Å²) in [6, 6.07) is 3.51. The minimum absolute atomic E-state index is 0.164. The van der Waals surface area contributed by atoms with Crippen LogP contribution in [-0.4, -0.2) is 58.7 Å². The van der Waals surface area contributed by atoms with E-state index >= 15 is 0 Å². The van der Waals surface area contributed by atoms with Crippen molar-refractivity contribution in [1.82, 2.24) is 20.0 Å². The van der Waals surface area contributed by atoms with E-state index in [2.05, 4.69) is 20.0 Å². The highest BCUT2D eigenvalue weighted by Gasteiger charge is 2.29. The number of anilines is 1. The van der Waals surface area contributed by atoms with Gasteiger partial charge in [-0.25, -0.2) is 9.97 Å². The van der Waals surface area contributed by atoms with Gasteiger partial charge >= 0.3 is 0 Å². The van der Waals surface area contributed by atoms with Crippen LogP contribution in [0.2, 0.25) is 0 Å². The highest BCUT2D eigenvalue weighted by molar-refractivity contribution is 5.91. The van der Waals surface area contributed by atoms with Crippen LogP contribution in [0.1, 0.15) is 40.9 Å². The Morgan fingerprint density at radius 1 is 1.28 bits per heavy atom. The SMILES string of the molecule is Cc1cc(C(=O)N2CCO[C@@H](c3ccnc(N4CCCC4)n3)C2)on1. The van der Waals surface area contributed by atoms with E-state index < -0.39 is 0 Å². The lowest BCUT2D eigenvalue weighted by molar-refractivity contribution is -0.0258. The molecule has 0 spiro atoms. The molecule has 1 atom stereocenters. The van der Waals surface area contributed by atoms with Gasteiger partial charge in [0, 0.05) is 31.9 Å². The van der Waals surface area contributed by atoms with Crippen molar-refractivity contribution in [3.8, 4) is 0 Å². The Morgan fingerprint density at radius 3 is 2.88 bits per heavy atom. The molecule has 0 aliphatic carbocycles. The first-order valence-electron chi connectivity index (χ1n) is 8.63. The van der Waals surface area contributed by atoms with Gasteiger partial charge in [-0.15, -0.1) is 0 Å². The molecule has 8 heteroatoms.